The van der Waals surface area contributed by atoms with Gasteiger partial charge in [-0.15, -0.1) is 0 Å². The fourth-order valence-electron chi connectivity index (χ4n) is 1.91. The van der Waals surface area contributed by atoms with Crippen LogP contribution >= 0.6 is 0 Å². The third kappa shape index (κ3) is 2.19. The Balaban J connectivity index is 2.36. The van der Waals surface area contributed by atoms with Crippen LogP contribution in [0.15, 0.2) is 30.6 Å². The van der Waals surface area contributed by atoms with Crippen LogP contribution in [0.25, 0.3) is 10.9 Å². The molecule has 0 spiro atoms. The number of hydrogen-bond acceptors (Lipinski definition) is 3. The highest BCUT2D eigenvalue weighted by Gasteiger charge is 2.08. The Morgan fingerprint density at radius 1 is 1.25 bits per heavy atom. The Morgan fingerprint density at radius 2 is 2.06 bits per heavy atom. The molecule has 3 nitrogen and oxygen atoms in total. The lowest BCUT2D eigenvalue weighted by Crippen LogP contribution is -2.27. The first-order valence-electron chi connectivity index (χ1n) is 5.71. The number of nitrogens with zero attached hydrogens (tertiary/aromatic N) is 2. The second-order valence-electron chi connectivity index (χ2n) is 3.94. The van der Waals surface area contributed by atoms with Crippen molar-refractivity contribution >= 4 is 10.9 Å². The van der Waals surface area contributed by atoms with Crippen LogP contribution in [0, 0.1) is 0 Å². The van der Waals surface area contributed by atoms with Gasteiger partial charge in [0.1, 0.15) is 6.33 Å². The molecule has 1 aromatic heterocycles. The van der Waals surface area contributed by atoms with Crippen LogP contribution in [-0.4, -0.2) is 23.1 Å². The summed E-state index contributed by atoms with van der Waals surface area (Å²) in [5.41, 5.74) is 2.16. The monoisotopic (exact) mass is 215 g/mol. The minimum atomic E-state index is 0.485. The maximum atomic E-state index is 4.39. The minimum absolute atomic E-state index is 0.485. The number of hydrogen-bond donors (Lipinski definition) is 1. The standard InChI is InChI=1S/C13H17N3/c1-3-10(14-2)8-13-11-6-4-5-7-12(11)15-9-16-13/h4-7,9-10,14H,3,8H2,1-2H3. The average molecular weight is 215 g/mol. The van der Waals surface area contributed by atoms with E-state index in [0.717, 1.165) is 24.1 Å². The minimum Gasteiger partial charge on any atom is -0.317 e. The smallest absolute Gasteiger partial charge is 0.116 e. The van der Waals surface area contributed by atoms with Crippen molar-refractivity contribution in [3.8, 4) is 0 Å². The van der Waals surface area contributed by atoms with Gasteiger partial charge in [0.05, 0.1) is 11.2 Å². The molecule has 1 atom stereocenters. The molecular weight excluding hydrogens is 198 g/mol. The number of likely N-dealkylation sites (N-methyl/N-ethyl adjacent to an activating group) is 1. The SMILES string of the molecule is CCC(Cc1ncnc2ccccc12)NC. The quantitative estimate of drug-likeness (QED) is 0.849. The molecule has 16 heavy (non-hydrogen) atoms. The van der Waals surface area contributed by atoms with Crippen molar-refractivity contribution < 1.29 is 0 Å². The predicted molar refractivity (Wildman–Crippen MR) is 66.4 cm³/mol. The molecule has 0 radical (unpaired) electrons. The van der Waals surface area contributed by atoms with E-state index < -0.39 is 0 Å². The van der Waals surface area contributed by atoms with E-state index in [4.69, 9.17) is 0 Å². The van der Waals surface area contributed by atoms with Crippen LogP contribution in [0.2, 0.25) is 0 Å². The summed E-state index contributed by atoms with van der Waals surface area (Å²) in [7, 11) is 2.00. The number of aromatic nitrogens is 2. The first-order chi connectivity index (χ1) is 7.85. The van der Waals surface area contributed by atoms with E-state index in [1.54, 1.807) is 6.33 Å². The second-order valence-corrected chi connectivity index (χ2v) is 3.94. The average Bonchev–Trinajstić information content (AvgIpc) is 2.36. The van der Waals surface area contributed by atoms with Gasteiger partial charge in [-0.05, 0) is 19.5 Å². The summed E-state index contributed by atoms with van der Waals surface area (Å²) >= 11 is 0. The van der Waals surface area contributed by atoms with Crippen LogP contribution in [0.1, 0.15) is 19.0 Å². The van der Waals surface area contributed by atoms with Crippen molar-refractivity contribution in [3.63, 3.8) is 0 Å². The van der Waals surface area contributed by atoms with E-state index in [2.05, 4.69) is 28.3 Å². The predicted octanol–water partition coefficient (Wildman–Crippen LogP) is 2.17. The van der Waals surface area contributed by atoms with Crippen molar-refractivity contribution in [1.82, 2.24) is 15.3 Å². The van der Waals surface area contributed by atoms with Gasteiger partial charge in [0, 0.05) is 17.8 Å². The molecule has 0 amide bonds. The molecule has 0 aliphatic carbocycles. The summed E-state index contributed by atoms with van der Waals surface area (Å²) < 4.78 is 0. The molecule has 3 heteroatoms. The molecule has 0 bridgehead atoms. The lowest BCUT2D eigenvalue weighted by atomic mass is 10.1. The Morgan fingerprint density at radius 3 is 2.81 bits per heavy atom. The van der Waals surface area contributed by atoms with Crippen molar-refractivity contribution in [1.29, 1.82) is 0 Å². The summed E-state index contributed by atoms with van der Waals surface area (Å²) in [6.07, 6.45) is 3.71. The van der Waals surface area contributed by atoms with E-state index in [1.807, 2.05) is 25.2 Å². The van der Waals surface area contributed by atoms with Gasteiger partial charge in [0.15, 0.2) is 0 Å². The molecule has 0 aliphatic rings. The molecule has 0 saturated heterocycles. The van der Waals surface area contributed by atoms with Gasteiger partial charge in [-0.3, -0.25) is 0 Å². The Kier molecular flexibility index (Phi) is 3.47. The summed E-state index contributed by atoms with van der Waals surface area (Å²) in [6.45, 7) is 2.19. The van der Waals surface area contributed by atoms with E-state index in [1.165, 1.54) is 5.39 Å². The van der Waals surface area contributed by atoms with Crippen molar-refractivity contribution in [3.05, 3.63) is 36.3 Å². The lowest BCUT2D eigenvalue weighted by Gasteiger charge is -2.13. The topological polar surface area (TPSA) is 37.8 Å². The third-order valence-corrected chi connectivity index (χ3v) is 2.97. The van der Waals surface area contributed by atoms with Crippen LogP contribution in [0.4, 0.5) is 0 Å². The molecule has 2 rings (SSSR count). The highest BCUT2D eigenvalue weighted by Crippen LogP contribution is 2.15. The first-order valence-corrected chi connectivity index (χ1v) is 5.71. The molecule has 1 unspecified atom stereocenters. The van der Waals surface area contributed by atoms with Crippen molar-refractivity contribution in [2.45, 2.75) is 25.8 Å². The van der Waals surface area contributed by atoms with E-state index in [0.29, 0.717) is 6.04 Å². The van der Waals surface area contributed by atoms with Crippen LogP contribution in [-0.2, 0) is 6.42 Å². The molecule has 0 saturated carbocycles. The molecule has 84 valence electrons. The van der Waals surface area contributed by atoms with Gasteiger partial charge in [-0.2, -0.15) is 0 Å². The third-order valence-electron chi connectivity index (χ3n) is 2.97. The molecule has 0 fully saturated rings. The molecule has 0 aliphatic heterocycles. The summed E-state index contributed by atoms with van der Waals surface area (Å²) in [4.78, 5) is 8.66. The maximum Gasteiger partial charge on any atom is 0.116 e. The van der Waals surface area contributed by atoms with Gasteiger partial charge in [-0.25, -0.2) is 9.97 Å². The highest BCUT2D eigenvalue weighted by atomic mass is 14.9. The Hall–Kier alpha value is -1.48. The van der Waals surface area contributed by atoms with E-state index in [9.17, 15) is 0 Å². The van der Waals surface area contributed by atoms with Crippen LogP contribution < -0.4 is 5.32 Å². The van der Waals surface area contributed by atoms with Gasteiger partial charge >= 0.3 is 0 Å². The summed E-state index contributed by atoms with van der Waals surface area (Å²) in [5, 5.41) is 4.47. The molecule has 1 heterocycles. The van der Waals surface area contributed by atoms with Crippen LogP contribution in [0.5, 0.6) is 0 Å². The highest BCUT2D eigenvalue weighted by molar-refractivity contribution is 5.80. The number of benzene rings is 1. The zero-order valence-electron chi connectivity index (χ0n) is 9.77. The molecule has 1 aromatic carbocycles. The largest absolute Gasteiger partial charge is 0.317 e. The number of rotatable bonds is 4. The van der Waals surface area contributed by atoms with E-state index in [-0.39, 0.29) is 0 Å². The number of fused-ring (bicyclic) bond motifs is 1. The van der Waals surface area contributed by atoms with E-state index >= 15 is 0 Å². The first kappa shape index (κ1) is 11.0. The summed E-state index contributed by atoms with van der Waals surface area (Å²) in [6, 6.07) is 8.65. The zero-order chi connectivity index (χ0) is 11.4. The molecule has 2 aromatic rings. The number of para-hydroxylation sites is 1. The molecule has 1 N–H and O–H groups in total. The zero-order valence-corrected chi connectivity index (χ0v) is 9.77. The summed E-state index contributed by atoms with van der Waals surface area (Å²) in [5.74, 6) is 0. The van der Waals surface area contributed by atoms with Gasteiger partial charge < -0.3 is 5.32 Å². The Labute approximate surface area is 95.9 Å². The van der Waals surface area contributed by atoms with Gasteiger partial charge in [-0.1, -0.05) is 25.1 Å². The number of nitrogens with one attached hydrogen (secondary N) is 1. The maximum absolute atomic E-state index is 4.39. The van der Waals surface area contributed by atoms with Crippen LogP contribution in [0.3, 0.4) is 0 Å². The molecular formula is C13H17N3. The fraction of sp³-hybridized carbons (Fsp3) is 0.385. The fourth-order valence-corrected chi connectivity index (χ4v) is 1.91. The normalized spacial score (nSPS) is 12.9. The van der Waals surface area contributed by atoms with Gasteiger partial charge in [0.25, 0.3) is 0 Å². The van der Waals surface area contributed by atoms with Crippen molar-refractivity contribution in [2.24, 2.45) is 0 Å². The van der Waals surface area contributed by atoms with Crippen molar-refractivity contribution in [2.75, 3.05) is 7.05 Å². The lowest BCUT2D eigenvalue weighted by molar-refractivity contribution is 0.539. The second kappa shape index (κ2) is 5.03. The Bertz CT molecular complexity index is 458. The van der Waals surface area contributed by atoms with Gasteiger partial charge in [0.2, 0.25) is 0 Å².